The molecule has 2 aromatic rings. The Morgan fingerprint density at radius 3 is 2.59 bits per heavy atom. The number of rotatable bonds is 8. The molecule has 22 heavy (non-hydrogen) atoms. The van der Waals surface area contributed by atoms with Crippen molar-refractivity contribution in [2.75, 3.05) is 17.2 Å². The minimum absolute atomic E-state index is 0.174. The Kier molecular flexibility index (Phi) is 6.01. The van der Waals surface area contributed by atoms with Gasteiger partial charge < -0.3 is 15.4 Å². The van der Waals surface area contributed by atoms with Crippen LogP contribution in [0.2, 0.25) is 0 Å². The highest BCUT2D eigenvalue weighted by Crippen LogP contribution is 2.19. The van der Waals surface area contributed by atoms with Crippen LogP contribution in [-0.2, 0) is 0 Å². The van der Waals surface area contributed by atoms with Gasteiger partial charge >= 0.3 is 0 Å². The number of nitrogens with zero attached hydrogens (tertiary/aromatic N) is 2. The van der Waals surface area contributed by atoms with Gasteiger partial charge in [0.1, 0.15) is 11.6 Å². The Balaban J connectivity index is 1.96. The summed E-state index contributed by atoms with van der Waals surface area (Å²) in [7, 11) is 0. The molecule has 2 N–H and O–H groups in total. The topological polar surface area (TPSA) is 59.1 Å². The second-order valence-corrected chi connectivity index (χ2v) is 5.36. The van der Waals surface area contributed by atoms with Gasteiger partial charge in [0.15, 0.2) is 0 Å². The Morgan fingerprint density at radius 1 is 1.14 bits per heavy atom. The maximum atomic E-state index is 5.62. The molecule has 1 aromatic carbocycles. The molecule has 0 fully saturated rings. The van der Waals surface area contributed by atoms with Crippen LogP contribution in [0, 0.1) is 0 Å². The third-order valence-corrected chi connectivity index (χ3v) is 2.97. The number of anilines is 3. The first-order valence-electron chi connectivity index (χ1n) is 7.78. The lowest BCUT2D eigenvalue weighted by molar-refractivity contribution is 0.242. The standard InChI is InChI=1S/C17H24N4O/c1-4-5-11-18-16-10-12-19-17(21-16)20-14-6-8-15(9-7-14)22-13(2)3/h6-10,12-13H,4-5,11H2,1-3H3,(H2,18,19,20,21). The summed E-state index contributed by atoms with van der Waals surface area (Å²) >= 11 is 0. The summed E-state index contributed by atoms with van der Waals surface area (Å²) in [4.78, 5) is 8.69. The van der Waals surface area contributed by atoms with Gasteiger partial charge in [0, 0.05) is 18.4 Å². The molecule has 0 saturated heterocycles. The molecule has 0 radical (unpaired) electrons. The van der Waals surface area contributed by atoms with Crippen LogP contribution in [-0.4, -0.2) is 22.6 Å². The molecule has 0 aliphatic heterocycles. The zero-order valence-corrected chi connectivity index (χ0v) is 13.5. The van der Waals surface area contributed by atoms with Crippen molar-refractivity contribution in [3.63, 3.8) is 0 Å². The Bertz CT molecular complexity index is 569. The predicted octanol–water partition coefficient (Wildman–Crippen LogP) is 4.22. The van der Waals surface area contributed by atoms with E-state index in [2.05, 4.69) is 27.5 Å². The van der Waals surface area contributed by atoms with Gasteiger partial charge in [0.2, 0.25) is 5.95 Å². The number of unbranched alkanes of at least 4 members (excludes halogenated alkanes) is 1. The van der Waals surface area contributed by atoms with Crippen LogP contribution in [0.4, 0.5) is 17.5 Å². The van der Waals surface area contributed by atoms with Crippen molar-refractivity contribution in [1.82, 2.24) is 9.97 Å². The summed E-state index contributed by atoms with van der Waals surface area (Å²) in [6.07, 6.45) is 4.21. The normalized spacial score (nSPS) is 10.5. The van der Waals surface area contributed by atoms with Crippen LogP contribution in [0.15, 0.2) is 36.5 Å². The number of hydrogen-bond donors (Lipinski definition) is 2. The molecule has 5 nitrogen and oxygen atoms in total. The molecule has 0 amide bonds. The second kappa shape index (κ2) is 8.22. The average molecular weight is 300 g/mol. The van der Waals surface area contributed by atoms with E-state index >= 15 is 0 Å². The molecular formula is C17H24N4O. The number of nitrogens with one attached hydrogen (secondary N) is 2. The first-order chi connectivity index (χ1) is 10.7. The van der Waals surface area contributed by atoms with E-state index in [1.54, 1.807) is 6.20 Å². The fraction of sp³-hybridized carbons (Fsp3) is 0.412. The highest BCUT2D eigenvalue weighted by atomic mass is 16.5. The maximum Gasteiger partial charge on any atom is 0.229 e. The van der Waals surface area contributed by atoms with Crippen molar-refractivity contribution < 1.29 is 4.74 Å². The molecule has 0 spiro atoms. The van der Waals surface area contributed by atoms with E-state index in [1.165, 1.54) is 0 Å². The Morgan fingerprint density at radius 2 is 1.91 bits per heavy atom. The van der Waals surface area contributed by atoms with Gasteiger partial charge in [-0.25, -0.2) is 4.98 Å². The minimum atomic E-state index is 0.174. The van der Waals surface area contributed by atoms with Crippen molar-refractivity contribution in [1.29, 1.82) is 0 Å². The van der Waals surface area contributed by atoms with Crippen molar-refractivity contribution in [2.45, 2.75) is 39.7 Å². The largest absolute Gasteiger partial charge is 0.491 e. The predicted molar refractivity (Wildman–Crippen MR) is 90.9 cm³/mol. The maximum absolute atomic E-state index is 5.62. The number of aromatic nitrogens is 2. The van der Waals surface area contributed by atoms with Crippen LogP contribution in [0.1, 0.15) is 33.6 Å². The van der Waals surface area contributed by atoms with Crippen molar-refractivity contribution in [2.24, 2.45) is 0 Å². The van der Waals surface area contributed by atoms with Crippen molar-refractivity contribution >= 4 is 17.5 Å². The van der Waals surface area contributed by atoms with Gasteiger partial charge in [-0.2, -0.15) is 4.98 Å². The second-order valence-electron chi connectivity index (χ2n) is 5.36. The summed E-state index contributed by atoms with van der Waals surface area (Å²) in [6, 6.07) is 9.66. The number of benzene rings is 1. The van der Waals surface area contributed by atoms with E-state index in [-0.39, 0.29) is 6.10 Å². The zero-order chi connectivity index (χ0) is 15.8. The van der Waals surface area contributed by atoms with E-state index in [1.807, 2.05) is 44.2 Å². The molecule has 0 aliphatic carbocycles. The van der Waals surface area contributed by atoms with E-state index in [9.17, 15) is 0 Å². The monoisotopic (exact) mass is 300 g/mol. The molecular weight excluding hydrogens is 276 g/mol. The lowest BCUT2D eigenvalue weighted by Crippen LogP contribution is -2.06. The smallest absolute Gasteiger partial charge is 0.229 e. The Hall–Kier alpha value is -2.30. The molecule has 0 saturated carbocycles. The van der Waals surface area contributed by atoms with Gasteiger partial charge in [-0.05, 0) is 50.6 Å². The van der Waals surface area contributed by atoms with E-state index in [4.69, 9.17) is 4.74 Å². The fourth-order valence-corrected chi connectivity index (χ4v) is 1.93. The Labute approximate surface area is 132 Å². The van der Waals surface area contributed by atoms with E-state index < -0.39 is 0 Å². The summed E-state index contributed by atoms with van der Waals surface area (Å²) in [6.45, 7) is 7.11. The molecule has 5 heteroatoms. The van der Waals surface area contributed by atoms with Crippen LogP contribution in [0.3, 0.4) is 0 Å². The summed E-state index contributed by atoms with van der Waals surface area (Å²) < 4.78 is 5.62. The average Bonchev–Trinajstić information content (AvgIpc) is 2.49. The van der Waals surface area contributed by atoms with E-state index in [0.29, 0.717) is 5.95 Å². The molecule has 118 valence electrons. The number of ether oxygens (including phenoxy) is 1. The molecule has 0 atom stereocenters. The van der Waals surface area contributed by atoms with Crippen LogP contribution < -0.4 is 15.4 Å². The van der Waals surface area contributed by atoms with Crippen LogP contribution in [0.25, 0.3) is 0 Å². The SMILES string of the molecule is CCCCNc1ccnc(Nc2ccc(OC(C)C)cc2)n1. The molecule has 1 heterocycles. The molecule has 2 rings (SSSR count). The molecule has 0 unspecified atom stereocenters. The van der Waals surface area contributed by atoms with Gasteiger partial charge in [-0.1, -0.05) is 13.3 Å². The lowest BCUT2D eigenvalue weighted by Gasteiger charge is -2.11. The zero-order valence-electron chi connectivity index (χ0n) is 13.5. The highest BCUT2D eigenvalue weighted by Gasteiger charge is 2.01. The molecule has 0 aliphatic rings. The van der Waals surface area contributed by atoms with Crippen LogP contribution >= 0.6 is 0 Å². The third-order valence-electron chi connectivity index (χ3n) is 2.97. The fourth-order valence-electron chi connectivity index (χ4n) is 1.93. The van der Waals surface area contributed by atoms with Gasteiger partial charge in [0.25, 0.3) is 0 Å². The van der Waals surface area contributed by atoms with Crippen LogP contribution in [0.5, 0.6) is 5.75 Å². The van der Waals surface area contributed by atoms with Gasteiger partial charge in [-0.15, -0.1) is 0 Å². The van der Waals surface area contributed by atoms with Crippen molar-refractivity contribution in [3.05, 3.63) is 36.5 Å². The lowest BCUT2D eigenvalue weighted by atomic mass is 10.3. The summed E-state index contributed by atoms with van der Waals surface area (Å²) in [5, 5.41) is 6.49. The summed E-state index contributed by atoms with van der Waals surface area (Å²) in [5.41, 5.74) is 0.932. The first-order valence-corrected chi connectivity index (χ1v) is 7.78. The number of hydrogen-bond acceptors (Lipinski definition) is 5. The first kappa shape index (κ1) is 16.1. The molecule has 0 bridgehead atoms. The van der Waals surface area contributed by atoms with E-state index in [0.717, 1.165) is 36.6 Å². The highest BCUT2D eigenvalue weighted by molar-refractivity contribution is 5.55. The molecule has 1 aromatic heterocycles. The summed E-state index contributed by atoms with van der Waals surface area (Å²) in [5.74, 6) is 2.28. The third kappa shape index (κ3) is 5.24. The van der Waals surface area contributed by atoms with Gasteiger partial charge in [0.05, 0.1) is 6.10 Å². The van der Waals surface area contributed by atoms with Gasteiger partial charge in [-0.3, -0.25) is 0 Å². The van der Waals surface area contributed by atoms with Crippen molar-refractivity contribution in [3.8, 4) is 5.75 Å². The quantitative estimate of drug-likeness (QED) is 0.715. The minimum Gasteiger partial charge on any atom is -0.491 e.